The van der Waals surface area contributed by atoms with Crippen LogP contribution in [0, 0.1) is 0 Å². The van der Waals surface area contributed by atoms with Crippen LogP contribution in [0.4, 0.5) is 10.5 Å². The van der Waals surface area contributed by atoms with Gasteiger partial charge in [-0.2, -0.15) is 5.10 Å². The first-order valence-corrected chi connectivity index (χ1v) is 9.98. The summed E-state index contributed by atoms with van der Waals surface area (Å²) in [6.07, 6.45) is 1.72. The first kappa shape index (κ1) is 19.8. The Morgan fingerprint density at radius 2 is 1.87 bits per heavy atom. The number of nitrogens with one attached hydrogen (secondary N) is 1. The fraction of sp³-hybridized carbons (Fsp3) is 0.318. The molecule has 1 atom stereocenters. The number of ether oxygens (including phenoxy) is 1. The molecule has 3 aromatic rings. The summed E-state index contributed by atoms with van der Waals surface area (Å²) in [5.74, 6) is 1.41. The van der Waals surface area contributed by atoms with Crippen LogP contribution >= 0.6 is 0 Å². The summed E-state index contributed by atoms with van der Waals surface area (Å²) in [5, 5.41) is 7.44. The topological polar surface area (TPSA) is 81.4 Å². The minimum atomic E-state index is -0.184. The van der Waals surface area contributed by atoms with Crippen molar-refractivity contribution < 1.29 is 9.53 Å². The third-order valence-electron chi connectivity index (χ3n) is 5.38. The van der Waals surface area contributed by atoms with Crippen LogP contribution in [0.25, 0.3) is 5.69 Å². The predicted molar refractivity (Wildman–Crippen MR) is 114 cm³/mol. The Balaban J connectivity index is 1.54. The quantitative estimate of drug-likeness (QED) is 0.721. The van der Waals surface area contributed by atoms with E-state index < -0.39 is 0 Å². The van der Waals surface area contributed by atoms with Gasteiger partial charge in [0.05, 0.1) is 12.8 Å². The molecule has 0 aliphatic carbocycles. The molecule has 1 saturated heterocycles. The second-order valence-corrected chi connectivity index (χ2v) is 7.38. The van der Waals surface area contributed by atoms with Gasteiger partial charge in [-0.05, 0) is 49.2 Å². The van der Waals surface area contributed by atoms with Gasteiger partial charge in [0.1, 0.15) is 11.6 Å². The summed E-state index contributed by atoms with van der Waals surface area (Å²) in [4.78, 5) is 27.3. The summed E-state index contributed by atoms with van der Waals surface area (Å²) in [7, 11) is 3.26. The maximum absolute atomic E-state index is 12.8. The molecule has 2 heterocycles. The van der Waals surface area contributed by atoms with Gasteiger partial charge in [0.25, 0.3) is 0 Å². The number of carbonyl (C=O) groups is 1. The molecule has 8 nitrogen and oxygen atoms in total. The van der Waals surface area contributed by atoms with Crippen LogP contribution in [0.5, 0.6) is 5.75 Å². The highest BCUT2D eigenvalue weighted by atomic mass is 16.5. The first-order valence-electron chi connectivity index (χ1n) is 9.98. The van der Waals surface area contributed by atoms with Gasteiger partial charge in [0.2, 0.25) is 0 Å². The number of piperidine rings is 1. The average Bonchev–Trinajstić information content (AvgIpc) is 3.09. The maximum Gasteiger partial charge on any atom is 0.350 e. The lowest BCUT2D eigenvalue weighted by molar-refractivity contribution is 0.191. The minimum absolute atomic E-state index is 0.0190. The smallest absolute Gasteiger partial charge is 0.350 e. The molecular formula is C22H25N5O3. The zero-order chi connectivity index (χ0) is 21.1. The van der Waals surface area contributed by atoms with Crippen molar-refractivity contribution in [2.75, 3.05) is 25.5 Å². The monoisotopic (exact) mass is 407 g/mol. The molecule has 4 rings (SSSR count). The molecule has 0 spiro atoms. The Labute approximate surface area is 174 Å². The fourth-order valence-electron chi connectivity index (χ4n) is 3.82. The molecule has 0 bridgehead atoms. The van der Waals surface area contributed by atoms with Crippen molar-refractivity contribution in [3.63, 3.8) is 0 Å². The number of carbonyl (C=O) groups excluding carboxylic acids is 1. The van der Waals surface area contributed by atoms with Gasteiger partial charge < -0.3 is 15.0 Å². The van der Waals surface area contributed by atoms with Crippen molar-refractivity contribution in [2.24, 2.45) is 7.05 Å². The van der Waals surface area contributed by atoms with Crippen molar-refractivity contribution in [3.8, 4) is 11.4 Å². The van der Waals surface area contributed by atoms with Crippen molar-refractivity contribution in [2.45, 2.75) is 18.8 Å². The van der Waals surface area contributed by atoms with Crippen molar-refractivity contribution in [1.29, 1.82) is 0 Å². The molecule has 1 aliphatic rings. The zero-order valence-electron chi connectivity index (χ0n) is 17.1. The number of nitrogens with zero attached hydrogens (tertiary/aromatic N) is 4. The van der Waals surface area contributed by atoms with Crippen LogP contribution in [0.2, 0.25) is 0 Å². The number of hydrogen-bond donors (Lipinski definition) is 1. The molecule has 8 heteroatoms. The Morgan fingerprint density at radius 3 is 2.57 bits per heavy atom. The fourth-order valence-corrected chi connectivity index (χ4v) is 3.82. The van der Waals surface area contributed by atoms with Crippen molar-refractivity contribution in [1.82, 2.24) is 19.2 Å². The van der Waals surface area contributed by atoms with Gasteiger partial charge in [0.15, 0.2) is 0 Å². The molecule has 1 N–H and O–H groups in total. The van der Waals surface area contributed by atoms with Gasteiger partial charge in [-0.1, -0.05) is 18.2 Å². The molecule has 2 aromatic carbocycles. The Hall–Kier alpha value is -3.55. The molecule has 1 aromatic heterocycles. The van der Waals surface area contributed by atoms with Crippen molar-refractivity contribution in [3.05, 3.63) is 70.9 Å². The molecule has 0 saturated carbocycles. The van der Waals surface area contributed by atoms with Crippen LogP contribution in [0.3, 0.4) is 0 Å². The summed E-state index contributed by atoms with van der Waals surface area (Å²) < 4.78 is 8.16. The van der Waals surface area contributed by atoms with Gasteiger partial charge in [-0.15, -0.1) is 0 Å². The van der Waals surface area contributed by atoms with E-state index >= 15 is 0 Å². The number of likely N-dealkylation sites (tertiary alicyclic amines) is 1. The van der Waals surface area contributed by atoms with E-state index in [0.29, 0.717) is 24.6 Å². The van der Waals surface area contributed by atoms with E-state index in [4.69, 9.17) is 4.74 Å². The summed E-state index contributed by atoms with van der Waals surface area (Å²) >= 11 is 0. The lowest BCUT2D eigenvalue weighted by Crippen LogP contribution is -2.42. The second kappa shape index (κ2) is 8.44. The molecule has 156 valence electrons. The summed E-state index contributed by atoms with van der Waals surface area (Å²) in [6.45, 7) is 1.17. The van der Waals surface area contributed by atoms with Gasteiger partial charge in [-0.3, -0.25) is 0 Å². The summed E-state index contributed by atoms with van der Waals surface area (Å²) in [6, 6.07) is 16.6. The van der Waals surface area contributed by atoms with E-state index in [0.717, 1.165) is 24.3 Å². The number of anilines is 1. The third-order valence-corrected chi connectivity index (χ3v) is 5.38. The van der Waals surface area contributed by atoms with Crippen LogP contribution < -0.4 is 15.7 Å². The summed E-state index contributed by atoms with van der Waals surface area (Å²) in [5.41, 5.74) is 1.31. The highest BCUT2D eigenvalue weighted by Gasteiger charge is 2.29. The molecule has 0 radical (unpaired) electrons. The van der Waals surface area contributed by atoms with Gasteiger partial charge in [0, 0.05) is 31.7 Å². The number of urea groups is 1. The number of methoxy groups -OCH3 is 1. The van der Waals surface area contributed by atoms with Crippen LogP contribution in [0.1, 0.15) is 24.6 Å². The number of aryl methyl sites for hydroxylation is 1. The highest BCUT2D eigenvalue weighted by molar-refractivity contribution is 5.89. The normalized spacial score (nSPS) is 16.3. The average molecular weight is 407 g/mol. The van der Waals surface area contributed by atoms with E-state index in [1.807, 2.05) is 42.5 Å². The molecule has 2 amide bonds. The number of amides is 2. The number of para-hydroxylation sites is 1. The number of rotatable bonds is 4. The van der Waals surface area contributed by atoms with Gasteiger partial charge in [-0.25, -0.2) is 18.8 Å². The molecule has 30 heavy (non-hydrogen) atoms. The van der Waals surface area contributed by atoms with E-state index in [-0.39, 0.29) is 17.6 Å². The van der Waals surface area contributed by atoms with E-state index in [2.05, 4.69) is 10.4 Å². The van der Waals surface area contributed by atoms with E-state index in [9.17, 15) is 9.59 Å². The Kier molecular flexibility index (Phi) is 5.56. The highest BCUT2D eigenvalue weighted by Crippen LogP contribution is 2.27. The largest absolute Gasteiger partial charge is 0.497 e. The first-order chi connectivity index (χ1) is 14.6. The van der Waals surface area contributed by atoms with Crippen LogP contribution in [0.15, 0.2) is 59.4 Å². The number of benzene rings is 2. The Bertz CT molecular complexity index is 1070. The predicted octanol–water partition coefficient (Wildman–Crippen LogP) is 2.99. The SMILES string of the molecule is COc1ccc(NC(=O)N2CCCC(c3nn(C)c(=O)n3-c3ccccc3)C2)cc1. The molecule has 1 fully saturated rings. The van der Waals surface area contributed by atoms with Crippen LogP contribution in [-0.2, 0) is 7.05 Å². The molecule has 1 aliphatic heterocycles. The van der Waals surface area contributed by atoms with Crippen LogP contribution in [-0.4, -0.2) is 45.5 Å². The van der Waals surface area contributed by atoms with E-state index in [1.54, 1.807) is 35.8 Å². The second-order valence-electron chi connectivity index (χ2n) is 7.38. The molecule has 1 unspecified atom stereocenters. The number of aromatic nitrogens is 3. The Morgan fingerprint density at radius 1 is 1.13 bits per heavy atom. The minimum Gasteiger partial charge on any atom is -0.497 e. The van der Waals surface area contributed by atoms with Gasteiger partial charge >= 0.3 is 11.7 Å². The third kappa shape index (κ3) is 3.94. The lowest BCUT2D eigenvalue weighted by Gasteiger charge is -2.32. The van der Waals surface area contributed by atoms with E-state index in [1.165, 1.54) is 4.68 Å². The zero-order valence-corrected chi connectivity index (χ0v) is 17.1. The maximum atomic E-state index is 12.8. The molecular weight excluding hydrogens is 382 g/mol. The lowest BCUT2D eigenvalue weighted by atomic mass is 9.97. The number of hydrogen-bond acceptors (Lipinski definition) is 4. The standard InChI is InChI=1S/C22H25N5O3/c1-25-22(29)27(18-8-4-3-5-9-18)20(24-25)16-7-6-14-26(15-16)21(28)23-17-10-12-19(30-2)13-11-17/h3-5,8-13,16H,6-7,14-15H2,1-2H3,(H,23,28). The van der Waals surface area contributed by atoms with Crippen molar-refractivity contribution >= 4 is 11.7 Å².